The summed E-state index contributed by atoms with van der Waals surface area (Å²) < 4.78 is 20.5. The Morgan fingerprint density at radius 2 is 2.12 bits per heavy atom. The number of rotatable bonds is 3. The largest absolute Gasteiger partial charge is 0.488 e. The third kappa shape index (κ3) is 3.73. The average Bonchev–Trinajstić information content (AvgIpc) is 2.91. The van der Waals surface area contributed by atoms with Crippen LogP contribution < -0.4 is 4.74 Å². The summed E-state index contributed by atoms with van der Waals surface area (Å²) >= 11 is 0. The maximum Gasteiger partial charge on any atom is 0.274 e. The number of ether oxygens (including phenoxy) is 1. The lowest BCUT2D eigenvalue weighted by Gasteiger charge is -2.21. The highest BCUT2D eigenvalue weighted by molar-refractivity contribution is 5.92. The minimum Gasteiger partial charge on any atom is -0.488 e. The number of carbonyl (C=O) groups excluding carboxylic acids is 1. The minimum absolute atomic E-state index is 0.158. The fraction of sp³-hybridized carbons (Fsp3) is 0.412. The second-order valence-electron chi connectivity index (χ2n) is 5.93. The van der Waals surface area contributed by atoms with Gasteiger partial charge in [0, 0.05) is 38.8 Å². The third-order valence-electron chi connectivity index (χ3n) is 4.11. The van der Waals surface area contributed by atoms with Gasteiger partial charge in [-0.3, -0.25) is 9.48 Å². The van der Waals surface area contributed by atoms with Crippen molar-refractivity contribution in [3.63, 3.8) is 0 Å². The van der Waals surface area contributed by atoms with Crippen LogP contribution in [0.1, 0.15) is 23.3 Å². The molecular formula is C17H20FN3O3. The average molecular weight is 333 g/mol. The first-order chi connectivity index (χ1) is 11.5. The molecule has 0 saturated carbocycles. The molecule has 0 aliphatic carbocycles. The highest BCUT2D eigenvalue weighted by Crippen LogP contribution is 2.21. The van der Waals surface area contributed by atoms with Gasteiger partial charge in [0.05, 0.1) is 6.10 Å². The molecule has 128 valence electrons. The monoisotopic (exact) mass is 333 g/mol. The van der Waals surface area contributed by atoms with E-state index in [4.69, 9.17) is 4.74 Å². The van der Waals surface area contributed by atoms with Crippen molar-refractivity contribution in [2.45, 2.75) is 25.0 Å². The molecule has 2 atom stereocenters. The zero-order valence-corrected chi connectivity index (χ0v) is 13.4. The lowest BCUT2D eigenvalue weighted by atomic mass is 10.1. The zero-order valence-electron chi connectivity index (χ0n) is 13.4. The topological polar surface area (TPSA) is 67.6 Å². The number of aromatic nitrogens is 2. The molecule has 1 N–H and O–H groups in total. The number of nitrogens with zero attached hydrogens (tertiary/aromatic N) is 3. The Morgan fingerprint density at radius 1 is 1.33 bits per heavy atom. The summed E-state index contributed by atoms with van der Waals surface area (Å²) in [5.41, 5.74) is 0.386. The molecule has 0 bridgehead atoms. The molecule has 2 aromatic rings. The molecule has 1 amide bonds. The van der Waals surface area contributed by atoms with Crippen LogP contribution in [0, 0.1) is 5.82 Å². The lowest BCUT2D eigenvalue weighted by Crippen LogP contribution is -2.33. The van der Waals surface area contributed by atoms with Crippen LogP contribution >= 0.6 is 0 Å². The first-order valence-electron chi connectivity index (χ1n) is 7.92. The van der Waals surface area contributed by atoms with Crippen LogP contribution in [0.2, 0.25) is 0 Å². The number of benzene rings is 1. The van der Waals surface area contributed by atoms with Crippen LogP contribution in [-0.2, 0) is 7.05 Å². The van der Waals surface area contributed by atoms with Gasteiger partial charge in [-0.2, -0.15) is 5.10 Å². The third-order valence-corrected chi connectivity index (χ3v) is 4.11. The van der Waals surface area contributed by atoms with Crippen molar-refractivity contribution in [3.8, 4) is 5.75 Å². The molecule has 1 aliphatic rings. The normalized spacial score (nSPS) is 21.4. The van der Waals surface area contributed by atoms with E-state index < -0.39 is 12.2 Å². The quantitative estimate of drug-likeness (QED) is 0.926. The second-order valence-corrected chi connectivity index (χ2v) is 5.93. The van der Waals surface area contributed by atoms with Gasteiger partial charge in [0.1, 0.15) is 23.4 Å². The first-order valence-corrected chi connectivity index (χ1v) is 7.92. The number of aliphatic hydroxyl groups is 1. The van der Waals surface area contributed by atoms with Crippen molar-refractivity contribution in [2.24, 2.45) is 7.05 Å². The van der Waals surface area contributed by atoms with E-state index in [-0.39, 0.29) is 11.7 Å². The molecule has 0 radical (unpaired) electrons. The maximum atomic E-state index is 13.3. The van der Waals surface area contributed by atoms with Gasteiger partial charge in [-0.25, -0.2) is 4.39 Å². The molecule has 3 rings (SSSR count). The van der Waals surface area contributed by atoms with Crippen molar-refractivity contribution in [3.05, 3.63) is 48.0 Å². The summed E-state index contributed by atoms with van der Waals surface area (Å²) in [6.07, 6.45) is 1.40. The summed E-state index contributed by atoms with van der Waals surface area (Å²) in [6.45, 7) is 0.881. The molecule has 1 aliphatic heterocycles. The van der Waals surface area contributed by atoms with Crippen molar-refractivity contribution >= 4 is 5.91 Å². The van der Waals surface area contributed by atoms with Gasteiger partial charge in [-0.15, -0.1) is 0 Å². The summed E-state index contributed by atoms with van der Waals surface area (Å²) in [4.78, 5) is 14.1. The van der Waals surface area contributed by atoms with E-state index in [0.717, 1.165) is 0 Å². The zero-order chi connectivity index (χ0) is 17.1. The highest BCUT2D eigenvalue weighted by atomic mass is 19.1. The molecule has 1 saturated heterocycles. The lowest BCUT2D eigenvalue weighted by molar-refractivity contribution is 0.0348. The van der Waals surface area contributed by atoms with Crippen LogP contribution in [0.5, 0.6) is 5.75 Å². The summed E-state index contributed by atoms with van der Waals surface area (Å²) in [7, 11) is 1.76. The van der Waals surface area contributed by atoms with E-state index in [1.807, 2.05) is 0 Å². The Kier molecular flexibility index (Phi) is 4.80. The summed E-state index contributed by atoms with van der Waals surface area (Å²) in [5.74, 6) is -0.166. The van der Waals surface area contributed by atoms with Gasteiger partial charge in [-0.05, 0) is 24.6 Å². The fourth-order valence-electron chi connectivity index (χ4n) is 2.81. The highest BCUT2D eigenvalue weighted by Gasteiger charge is 2.29. The van der Waals surface area contributed by atoms with E-state index in [2.05, 4.69) is 5.10 Å². The predicted octanol–water partition coefficient (Wildman–Crippen LogP) is 1.60. The maximum absolute atomic E-state index is 13.3. The first kappa shape index (κ1) is 16.4. The van der Waals surface area contributed by atoms with Crippen molar-refractivity contribution in [2.75, 3.05) is 13.1 Å². The van der Waals surface area contributed by atoms with Gasteiger partial charge < -0.3 is 14.7 Å². The van der Waals surface area contributed by atoms with Gasteiger partial charge in [0.25, 0.3) is 5.91 Å². The number of halogens is 1. The molecule has 6 nitrogen and oxygen atoms in total. The number of hydrogen-bond donors (Lipinski definition) is 1. The Balaban J connectivity index is 1.65. The molecule has 1 aromatic carbocycles. The van der Waals surface area contributed by atoms with Crippen LogP contribution in [0.4, 0.5) is 4.39 Å². The second kappa shape index (κ2) is 7.00. The van der Waals surface area contributed by atoms with Crippen molar-refractivity contribution in [1.29, 1.82) is 0 Å². The van der Waals surface area contributed by atoms with E-state index in [1.54, 1.807) is 41.0 Å². The van der Waals surface area contributed by atoms with Crippen LogP contribution in [0.15, 0.2) is 36.5 Å². The number of hydrogen-bond acceptors (Lipinski definition) is 4. The van der Waals surface area contributed by atoms with Crippen LogP contribution in [-0.4, -0.2) is 51.0 Å². The van der Waals surface area contributed by atoms with E-state index in [1.165, 1.54) is 12.1 Å². The molecule has 7 heteroatoms. The van der Waals surface area contributed by atoms with E-state index in [0.29, 0.717) is 37.4 Å². The summed E-state index contributed by atoms with van der Waals surface area (Å²) in [5, 5.41) is 14.4. The van der Waals surface area contributed by atoms with Gasteiger partial charge >= 0.3 is 0 Å². The molecule has 2 heterocycles. The molecular weight excluding hydrogens is 313 g/mol. The standard InChI is InChI=1S/C17H20FN3O3/c1-20-8-5-14(19-20)17(23)21-9-6-15(22)16(7-10-21)24-13-4-2-3-12(18)11-13/h2-5,8,11,15-16,22H,6-7,9-10H2,1H3/t15-,16-/m0/s1. The number of likely N-dealkylation sites (tertiary alicyclic amines) is 1. The van der Waals surface area contributed by atoms with Gasteiger partial charge in [-0.1, -0.05) is 6.07 Å². The minimum atomic E-state index is -0.713. The Morgan fingerprint density at radius 3 is 2.83 bits per heavy atom. The molecule has 24 heavy (non-hydrogen) atoms. The Hall–Kier alpha value is -2.41. The SMILES string of the molecule is Cn1ccc(C(=O)N2CC[C@H](Oc3cccc(F)c3)[C@@H](O)CC2)n1. The Labute approximate surface area is 139 Å². The number of amides is 1. The number of aliphatic hydroxyl groups excluding tert-OH is 1. The van der Waals surface area contributed by atoms with Crippen molar-refractivity contribution in [1.82, 2.24) is 14.7 Å². The summed E-state index contributed by atoms with van der Waals surface area (Å²) in [6, 6.07) is 7.50. The molecule has 0 unspecified atom stereocenters. The van der Waals surface area contributed by atoms with E-state index in [9.17, 15) is 14.3 Å². The Bertz CT molecular complexity index is 719. The molecule has 0 spiro atoms. The van der Waals surface area contributed by atoms with Gasteiger partial charge in [0.2, 0.25) is 0 Å². The molecule has 1 aromatic heterocycles. The van der Waals surface area contributed by atoms with Gasteiger partial charge in [0.15, 0.2) is 0 Å². The number of aryl methyl sites for hydroxylation is 1. The number of carbonyl (C=O) groups is 1. The fourth-order valence-corrected chi connectivity index (χ4v) is 2.81. The predicted molar refractivity (Wildman–Crippen MR) is 85.2 cm³/mol. The van der Waals surface area contributed by atoms with Crippen molar-refractivity contribution < 1.29 is 19.0 Å². The molecule has 1 fully saturated rings. The smallest absolute Gasteiger partial charge is 0.274 e. The van der Waals surface area contributed by atoms with Crippen LogP contribution in [0.25, 0.3) is 0 Å². The van der Waals surface area contributed by atoms with E-state index >= 15 is 0 Å². The van der Waals surface area contributed by atoms with Crippen LogP contribution in [0.3, 0.4) is 0 Å².